The average Bonchev–Trinajstić information content (AvgIpc) is 3.19. The third-order valence-electron chi connectivity index (χ3n) is 6.15. The minimum Gasteiger partial charge on any atom is -0.381 e. The highest BCUT2D eigenvalue weighted by Gasteiger charge is 2.36. The van der Waals surface area contributed by atoms with Crippen LogP contribution in [0.5, 0.6) is 0 Å². The summed E-state index contributed by atoms with van der Waals surface area (Å²) in [6.07, 6.45) is 0. The first kappa shape index (κ1) is 25.0. The van der Waals surface area contributed by atoms with Gasteiger partial charge in [0.05, 0.1) is 28.1 Å². The van der Waals surface area contributed by atoms with Crippen LogP contribution in [0.15, 0.2) is 24.3 Å². The lowest BCUT2D eigenvalue weighted by Crippen LogP contribution is -2.49. The molecule has 0 bridgehead atoms. The molecule has 1 N–H and O–H groups in total. The van der Waals surface area contributed by atoms with Gasteiger partial charge in [-0.2, -0.15) is 0 Å². The van der Waals surface area contributed by atoms with Crippen LogP contribution in [0.4, 0.5) is 10.2 Å². The molecule has 7 nitrogen and oxygen atoms in total. The fourth-order valence-corrected chi connectivity index (χ4v) is 4.98. The van der Waals surface area contributed by atoms with Gasteiger partial charge in [0, 0.05) is 45.2 Å². The molecule has 4 rings (SSSR count). The van der Waals surface area contributed by atoms with Crippen molar-refractivity contribution in [2.45, 2.75) is 12.8 Å². The van der Waals surface area contributed by atoms with Crippen molar-refractivity contribution in [1.29, 1.82) is 0 Å². The molecule has 2 atom stereocenters. The Bertz CT molecular complexity index is 1100. The third kappa shape index (κ3) is 5.10. The molecule has 1 unspecified atom stereocenters. The van der Waals surface area contributed by atoms with Crippen molar-refractivity contribution in [2.75, 3.05) is 50.8 Å². The van der Waals surface area contributed by atoms with E-state index in [1.54, 1.807) is 11.0 Å². The average molecular weight is 530 g/mol. The number of carbonyl (C=O) groups is 2. The summed E-state index contributed by atoms with van der Waals surface area (Å²) in [5, 5.41) is 3.60. The summed E-state index contributed by atoms with van der Waals surface area (Å²) in [7, 11) is 0. The van der Waals surface area contributed by atoms with Crippen LogP contribution >= 0.6 is 34.8 Å². The molecule has 1 aromatic heterocycles. The lowest BCUT2D eigenvalue weighted by Gasteiger charge is -2.36. The molecule has 2 aliphatic rings. The number of nitrogens with one attached hydrogen (secondary N) is 1. The molecule has 0 radical (unpaired) electrons. The van der Waals surface area contributed by atoms with Crippen LogP contribution < -0.4 is 10.2 Å². The van der Waals surface area contributed by atoms with E-state index >= 15 is 4.39 Å². The van der Waals surface area contributed by atoms with Crippen molar-refractivity contribution in [3.05, 3.63) is 56.4 Å². The zero-order chi connectivity index (χ0) is 24.4. The van der Waals surface area contributed by atoms with E-state index < -0.39 is 17.6 Å². The first-order valence-electron chi connectivity index (χ1n) is 11.0. The number of piperazine rings is 1. The SMILES string of the molecule is CCOCC1CNC(=O)[C@H]1c1ccc(C(=O)N2CCN(c3nc(Cl)c(Cl)cc3Cl)CC2)c(F)c1. The van der Waals surface area contributed by atoms with Crippen molar-refractivity contribution in [2.24, 2.45) is 5.92 Å². The summed E-state index contributed by atoms with van der Waals surface area (Å²) in [5.74, 6) is -1.29. The highest BCUT2D eigenvalue weighted by Crippen LogP contribution is 2.33. The van der Waals surface area contributed by atoms with Crippen LogP contribution in [0.2, 0.25) is 15.2 Å². The van der Waals surface area contributed by atoms with Crippen molar-refractivity contribution in [3.63, 3.8) is 0 Å². The predicted octanol–water partition coefficient (Wildman–Crippen LogP) is 4.01. The number of anilines is 1. The van der Waals surface area contributed by atoms with Crippen LogP contribution in [0.25, 0.3) is 0 Å². The predicted molar refractivity (Wildman–Crippen MR) is 130 cm³/mol. The second-order valence-electron chi connectivity index (χ2n) is 8.23. The van der Waals surface area contributed by atoms with E-state index in [4.69, 9.17) is 39.5 Å². The van der Waals surface area contributed by atoms with E-state index in [9.17, 15) is 9.59 Å². The lowest BCUT2D eigenvalue weighted by atomic mass is 9.88. The standard InChI is InChI=1S/C23H24Cl3FN4O3/c1-2-34-12-14-11-28-22(32)19(14)13-3-4-15(18(27)9-13)23(33)31-7-5-30(6-8-31)21-17(25)10-16(24)20(26)29-21/h3-4,9-10,14,19H,2,5-8,11-12H2,1H3,(H,28,32)/t14?,19-/m0/s1. The summed E-state index contributed by atoms with van der Waals surface area (Å²) in [5.41, 5.74) is 0.515. The van der Waals surface area contributed by atoms with E-state index in [1.165, 1.54) is 18.2 Å². The van der Waals surface area contributed by atoms with Crippen molar-refractivity contribution >= 4 is 52.4 Å². The van der Waals surface area contributed by atoms with Gasteiger partial charge >= 0.3 is 0 Å². The minimum absolute atomic E-state index is 0.0253. The van der Waals surface area contributed by atoms with Gasteiger partial charge in [0.1, 0.15) is 16.8 Å². The molecule has 34 heavy (non-hydrogen) atoms. The molecular weight excluding hydrogens is 506 g/mol. The van der Waals surface area contributed by atoms with Gasteiger partial charge in [-0.15, -0.1) is 0 Å². The summed E-state index contributed by atoms with van der Waals surface area (Å²) >= 11 is 18.2. The minimum atomic E-state index is -0.644. The number of pyridine rings is 1. The Morgan fingerprint density at radius 1 is 1.18 bits per heavy atom. The second-order valence-corrected chi connectivity index (χ2v) is 9.40. The molecule has 182 valence electrons. The van der Waals surface area contributed by atoms with Gasteiger partial charge in [-0.3, -0.25) is 9.59 Å². The highest BCUT2D eigenvalue weighted by atomic mass is 35.5. The summed E-state index contributed by atoms with van der Waals surface area (Å²) < 4.78 is 20.5. The van der Waals surface area contributed by atoms with Crippen molar-refractivity contribution in [1.82, 2.24) is 15.2 Å². The Kier molecular flexibility index (Phi) is 7.82. The van der Waals surface area contributed by atoms with Gasteiger partial charge in [-0.25, -0.2) is 9.37 Å². The van der Waals surface area contributed by atoms with Gasteiger partial charge in [0.15, 0.2) is 0 Å². The number of rotatable bonds is 6. The largest absolute Gasteiger partial charge is 0.381 e. The van der Waals surface area contributed by atoms with Crippen molar-refractivity contribution in [3.8, 4) is 0 Å². The number of carbonyl (C=O) groups excluding carboxylic acids is 2. The van der Waals surface area contributed by atoms with Crippen LogP contribution in [0.3, 0.4) is 0 Å². The highest BCUT2D eigenvalue weighted by molar-refractivity contribution is 6.42. The van der Waals surface area contributed by atoms with Crippen LogP contribution in [-0.4, -0.2) is 67.6 Å². The van der Waals surface area contributed by atoms with Crippen LogP contribution in [0, 0.1) is 11.7 Å². The molecule has 3 heterocycles. The quantitative estimate of drug-likeness (QED) is 0.573. The fraction of sp³-hybridized carbons (Fsp3) is 0.435. The van der Waals surface area contributed by atoms with Gasteiger partial charge in [0.2, 0.25) is 5.91 Å². The second kappa shape index (κ2) is 10.6. The third-order valence-corrected chi connectivity index (χ3v) is 7.10. The number of nitrogens with zero attached hydrogens (tertiary/aromatic N) is 3. The Balaban J connectivity index is 1.44. The molecule has 2 saturated heterocycles. The molecule has 2 fully saturated rings. The number of hydrogen-bond donors (Lipinski definition) is 1. The molecular formula is C23H24Cl3FN4O3. The topological polar surface area (TPSA) is 74.8 Å². The number of hydrogen-bond acceptors (Lipinski definition) is 5. The Hall–Kier alpha value is -2.13. The molecule has 0 aliphatic carbocycles. The number of halogens is 4. The zero-order valence-electron chi connectivity index (χ0n) is 18.5. The number of amides is 2. The van der Waals surface area contributed by atoms with E-state index in [1.807, 2.05) is 11.8 Å². The molecule has 0 spiro atoms. The summed E-state index contributed by atoms with van der Waals surface area (Å²) in [6, 6.07) is 5.93. The molecule has 2 aliphatic heterocycles. The van der Waals surface area contributed by atoms with E-state index in [0.717, 1.165) is 0 Å². The summed E-state index contributed by atoms with van der Waals surface area (Å²) in [4.78, 5) is 33.1. The van der Waals surface area contributed by atoms with Crippen LogP contribution in [-0.2, 0) is 9.53 Å². The van der Waals surface area contributed by atoms with Gasteiger partial charge < -0.3 is 19.9 Å². The number of ether oxygens (including phenoxy) is 1. The van der Waals surface area contributed by atoms with Gasteiger partial charge in [0.25, 0.3) is 5.91 Å². The maximum atomic E-state index is 15.0. The van der Waals surface area contributed by atoms with Crippen LogP contribution in [0.1, 0.15) is 28.8 Å². The lowest BCUT2D eigenvalue weighted by molar-refractivity contribution is -0.120. The van der Waals surface area contributed by atoms with Gasteiger partial charge in [-0.05, 0) is 30.7 Å². The van der Waals surface area contributed by atoms with E-state index in [2.05, 4.69) is 10.3 Å². The maximum Gasteiger partial charge on any atom is 0.256 e. The van der Waals surface area contributed by atoms with E-state index in [0.29, 0.717) is 62.3 Å². The molecule has 2 amide bonds. The molecule has 1 aromatic carbocycles. The Morgan fingerprint density at radius 3 is 2.59 bits per heavy atom. The first-order chi connectivity index (χ1) is 16.3. The Labute approximate surface area is 212 Å². The zero-order valence-corrected chi connectivity index (χ0v) is 20.8. The maximum absolute atomic E-state index is 15.0. The number of benzene rings is 1. The Morgan fingerprint density at radius 2 is 1.91 bits per heavy atom. The smallest absolute Gasteiger partial charge is 0.256 e. The monoisotopic (exact) mass is 528 g/mol. The molecule has 2 aromatic rings. The fourth-order valence-electron chi connectivity index (χ4n) is 4.37. The molecule has 11 heteroatoms. The summed E-state index contributed by atoms with van der Waals surface area (Å²) in [6.45, 7) is 4.95. The normalized spacial score (nSPS) is 20.6. The van der Waals surface area contributed by atoms with E-state index in [-0.39, 0.29) is 27.6 Å². The van der Waals surface area contributed by atoms with Gasteiger partial charge in [-0.1, -0.05) is 40.9 Å². The molecule has 0 saturated carbocycles. The first-order valence-corrected chi connectivity index (χ1v) is 12.1. The van der Waals surface area contributed by atoms with Crippen molar-refractivity contribution < 1.29 is 18.7 Å². The number of aromatic nitrogens is 1.